The first-order valence-electron chi connectivity index (χ1n) is 4.03. The van der Waals surface area contributed by atoms with Crippen molar-refractivity contribution in [3.63, 3.8) is 0 Å². The molecule has 1 fully saturated rings. The molecule has 0 amide bonds. The van der Waals surface area contributed by atoms with E-state index in [2.05, 4.69) is 0 Å². The fourth-order valence-corrected chi connectivity index (χ4v) is 1.37. The molecule has 1 aliphatic rings. The maximum atomic E-state index is 12.1. The van der Waals surface area contributed by atoms with Crippen LogP contribution >= 0.6 is 0 Å². The third kappa shape index (κ3) is 2.12. The number of rotatable bonds is 3. The molecule has 0 radical (unpaired) electrons. The molecule has 1 N–H and O–H groups in total. The molecule has 0 aromatic carbocycles. The van der Waals surface area contributed by atoms with Gasteiger partial charge in [0.25, 0.3) is 6.43 Å². The minimum absolute atomic E-state index is 0.255. The highest BCUT2D eigenvalue weighted by Gasteiger charge is 2.36. The zero-order valence-electron chi connectivity index (χ0n) is 6.69. The molecular formula is C8H14F2O. The van der Waals surface area contributed by atoms with Gasteiger partial charge in [0.2, 0.25) is 0 Å². The van der Waals surface area contributed by atoms with E-state index < -0.39 is 12.0 Å². The molecule has 1 atom stereocenters. The van der Waals surface area contributed by atoms with Crippen molar-refractivity contribution in [1.29, 1.82) is 0 Å². The first-order valence-corrected chi connectivity index (χ1v) is 4.03. The van der Waals surface area contributed by atoms with Crippen molar-refractivity contribution in [3.8, 4) is 0 Å². The lowest BCUT2D eigenvalue weighted by Gasteiger charge is -2.32. The molecule has 1 rings (SSSR count). The van der Waals surface area contributed by atoms with Gasteiger partial charge in [0, 0.05) is 0 Å². The normalized spacial score (nSPS) is 24.8. The van der Waals surface area contributed by atoms with Gasteiger partial charge >= 0.3 is 0 Å². The second-order valence-corrected chi connectivity index (χ2v) is 3.66. The maximum absolute atomic E-state index is 12.1. The highest BCUT2D eigenvalue weighted by molar-refractivity contribution is 4.82. The molecule has 66 valence electrons. The van der Waals surface area contributed by atoms with Crippen LogP contribution in [0.15, 0.2) is 0 Å². The van der Waals surface area contributed by atoms with Crippen LogP contribution in [0.5, 0.6) is 0 Å². The van der Waals surface area contributed by atoms with Gasteiger partial charge in [0.1, 0.15) is 5.60 Å². The Hall–Kier alpha value is -0.180. The van der Waals surface area contributed by atoms with Gasteiger partial charge in [0.05, 0.1) is 0 Å². The van der Waals surface area contributed by atoms with Gasteiger partial charge in [0.15, 0.2) is 0 Å². The Bertz CT molecular complexity index is 130. The van der Waals surface area contributed by atoms with Crippen molar-refractivity contribution in [3.05, 3.63) is 0 Å². The average molecular weight is 164 g/mol. The van der Waals surface area contributed by atoms with Gasteiger partial charge in [-0.1, -0.05) is 19.3 Å². The van der Waals surface area contributed by atoms with Gasteiger partial charge in [-0.2, -0.15) is 0 Å². The van der Waals surface area contributed by atoms with Crippen LogP contribution in [0.1, 0.15) is 32.6 Å². The summed E-state index contributed by atoms with van der Waals surface area (Å²) in [6.45, 7) is 1.22. The summed E-state index contributed by atoms with van der Waals surface area (Å²) >= 11 is 0. The van der Waals surface area contributed by atoms with Crippen LogP contribution in [0.3, 0.4) is 0 Å². The highest BCUT2D eigenvalue weighted by Crippen LogP contribution is 2.35. The molecule has 0 heterocycles. The summed E-state index contributed by atoms with van der Waals surface area (Å²) in [5, 5.41) is 9.18. The summed E-state index contributed by atoms with van der Waals surface area (Å²) in [7, 11) is 0. The van der Waals surface area contributed by atoms with Crippen LogP contribution in [0, 0.1) is 5.92 Å². The molecule has 1 nitrogen and oxygen atoms in total. The van der Waals surface area contributed by atoms with Gasteiger partial charge in [-0.25, -0.2) is 8.78 Å². The van der Waals surface area contributed by atoms with Crippen LogP contribution in [0.4, 0.5) is 8.78 Å². The van der Waals surface area contributed by atoms with E-state index in [1.165, 1.54) is 6.92 Å². The maximum Gasteiger partial charge on any atom is 0.266 e. The Morgan fingerprint density at radius 1 is 1.55 bits per heavy atom. The smallest absolute Gasteiger partial charge is 0.266 e. The predicted octanol–water partition coefficient (Wildman–Crippen LogP) is 2.19. The van der Waals surface area contributed by atoms with E-state index in [0.29, 0.717) is 5.92 Å². The molecule has 0 bridgehead atoms. The van der Waals surface area contributed by atoms with Gasteiger partial charge in [-0.3, -0.25) is 0 Å². The van der Waals surface area contributed by atoms with E-state index >= 15 is 0 Å². The fraction of sp³-hybridized carbons (Fsp3) is 1.00. The van der Waals surface area contributed by atoms with Crippen molar-refractivity contribution in [2.75, 3.05) is 0 Å². The molecule has 1 saturated carbocycles. The number of hydrogen-bond donors (Lipinski definition) is 1. The van der Waals surface area contributed by atoms with Gasteiger partial charge in [-0.15, -0.1) is 0 Å². The van der Waals surface area contributed by atoms with Crippen molar-refractivity contribution in [2.24, 2.45) is 5.92 Å². The van der Waals surface area contributed by atoms with Crippen LogP contribution < -0.4 is 0 Å². The monoisotopic (exact) mass is 164 g/mol. The topological polar surface area (TPSA) is 20.2 Å². The fourth-order valence-electron chi connectivity index (χ4n) is 1.37. The molecule has 0 saturated heterocycles. The molecule has 11 heavy (non-hydrogen) atoms. The van der Waals surface area contributed by atoms with Crippen LogP contribution in [0.2, 0.25) is 0 Å². The number of alkyl halides is 2. The molecule has 3 heteroatoms. The van der Waals surface area contributed by atoms with Crippen molar-refractivity contribution >= 4 is 0 Å². The third-order valence-corrected chi connectivity index (χ3v) is 2.40. The second-order valence-electron chi connectivity index (χ2n) is 3.66. The molecule has 1 aliphatic carbocycles. The van der Waals surface area contributed by atoms with Crippen LogP contribution in [-0.2, 0) is 0 Å². The Balaban J connectivity index is 2.32. The van der Waals surface area contributed by atoms with E-state index in [4.69, 9.17) is 0 Å². The van der Waals surface area contributed by atoms with Crippen LogP contribution in [-0.4, -0.2) is 17.1 Å². The summed E-state index contributed by atoms with van der Waals surface area (Å²) in [6.07, 6.45) is 0.781. The Morgan fingerprint density at radius 3 is 2.36 bits per heavy atom. The van der Waals surface area contributed by atoms with Crippen molar-refractivity contribution in [1.82, 2.24) is 0 Å². The summed E-state index contributed by atoms with van der Waals surface area (Å²) in [5.74, 6) is 0.332. The summed E-state index contributed by atoms with van der Waals surface area (Å²) in [4.78, 5) is 0. The first kappa shape index (κ1) is 8.91. The summed E-state index contributed by atoms with van der Waals surface area (Å²) in [6, 6.07) is 0. The zero-order valence-corrected chi connectivity index (χ0v) is 6.69. The van der Waals surface area contributed by atoms with Crippen molar-refractivity contribution in [2.45, 2.75) is 44.6 Å². The molecule has 0 spiro atoms. The summed E-state index contributed by atoms with van der Waals surface area (Å²) in [5.41, 5.74) is -1.76. The van der Waals surface area contributed by atoms with E-state index in [9.17, 15) is 13.9 Å². The lowest BCUT2D eigenvalue weighted by molar-refractivity contribution is -0.101. The Labute approximate surface area is 65.4 Å². The van der Waals surface area contributed by atoms with E-state index in [1.807, 2.05) is 0 Å². The van der Waals surface area contributed by atoms with Crippen LogP contribution in [0.25, 0.3) is 0 Å². The standard InChI is InChI=1S/C8H14F2O/c1-8(11,7(9)10)5-6-3-2-4-6/h6-7,11H,2-5H2,1H3. The lowest BCUT2D eigenvalue weighted by Crippen LogP contribution is -2.37. The molecule has 0 aliphatic heterocycles. The predicted molar refractivity (Wildman–Crippen MR) is 38.6 cm³/mol. The molecular weight excluding hydrogens is 150 g/mol. The SMILES string of the molecule is CC(O)(CC1CCC1)C(F)F. The largest absolute Gasteiger partial charge is 0.384 e. The van der Waals surface area contributed by atoms with E-state index in [0.717, 1.165) is 19.3 Å². The minimum Gasteiger partial charge on any atom is -0.384 e. The first-order chi connectivity index (χ1) is 5.02. The second kappa shape index (κ2) is 3.05. The van der Waals surface area contributed by atoms with Gasteiger partial charge < -0.3 is 5.11 Å². The number of aliphatic hydroxyl groups is 1. The van der Waals surface area contributed by atoms with Gasteiger partial charge in [-0.05, 0) is 19.3 Å². The lowest BCUT2D eigenvalue weighted by atomic mass is 9.78. The number of halogens is 2. The van der Waals surface area contributed by atoms with E-state index in [1.54, 1.807) is 0 Å². The molecule has 1 unspecified atom stereocenters. The minimum atomic E-state index is -2.61. The highest BCUT2D eigenvalue weighted by atomic mass is 19.3. The average Bonchev–Trinajstić information content (AvgIpc) is 1.79. The third-order valence-electron chi connectivity index (χ3n) is 2.40. The molecule has 0 aromatic rings. The van der Waals surface area contributed by atoms with E-state index in [-0.39, 0.29) is 6.42 Å². The molecule has 0 aromatic heterocycles. The Kier molecular flexibility index (Phi) is 2.47. The zero-order chi connectivity index (χ0) is 8.48. The Morgan fingerprint density at radius 2 is 2.09 bits per heavy atom. The summed E-state index contributed by atoms with van der Waals surface area (Å²) < 4.78 is 24.2. The number of hydrogen-bond acceptors (Lipinski definition) is 1. The quantitative estimate of drug-likeness (QED) is 0.678. The van der Waals surface area contributed by atoms with Crippen molar-refractivity contribution < 1.29 is 13.9 Å².